The van der Waals surface area contributed by atoms with Crippen LogP contribution in [0.2, 0.25) is 10.0 Å². The predicted molar refractivity (Wildman–Crippen MR) is 103 cm³/mol. The fourth-order valence-corrected chi connectivity index (χ4v) is 3.35. The van der Waals surface area contributed by atoms with E-state index in [4.69, 9.17) is 23.2 Å². The molecule has 11 heteroatoms. The molecule has 2 heterocycles. The zero-order chi connectivity index (χ0) is 19.2. The first kappa shape index (κ1) is 18.7. The van der Waals surface area contributed by atoms with Gasteiger partial charge in [-0.2, -0.15) is 0 Å². The van der Waals surface area contributed by atoms with Crippen molar-refractivity contribution in [1.82, 2.24) is 18.7 Å². The van der Waals surface area contributed by atoms with Crippen molar-refractivity contribution in [3.8, 4) is 0 Å². The van der Waals surface area contributed by atoms with E-state index >= 15 is 0 Å². The molecule has 1 N–H and O–H groups in total. The molecule has 0 aliphatic carbocycles. The third-order valence-electron chi connectivity index (χ3n) is 3.82. The molecule has 3 aromatic rings. The van der Waals surface area contributed by atoms with Gasteiger partial charge in [-0.05, 0) is 28.1 Å². The molecule has 0 saturated carbocycles. The van der Waals surface area contributed by atoms with Gasteiger partial charge in [0.15, 0.2) is 15.9 Å². The Bertz CT molecular complexity index is 1160. The van der Waals surface area contributed by atoms with Crippen molar-refractivity contribution in [2.45, 2.75) is 6.54 Å². The average molecular weight is 461 g/mol. The SMILES string of the molecule is Cn1c(=O)c2nc(Br)n(CC(=O)Nc3cccc(Cl)c3Cl)c2n(C)c1=O. The molecule has 136 valence electrons. The Morgan fingerprint density at radius 3 is 2.62 bits per heavy atom. The van der Waals surface area contributed by atoms with Gasteiger partial charge in [0.2, 0.25) is 5.91 Å². The molecule has 8 nitrogen and oxygen atoms in total. The molecule has 0 fully saturated rings. The molecule has 0 spiro atoms. The number of hydrogen-bond donors (Lipinski definition) is 1. The summed E-state index contributed by atoms with van der Waals surface area (Å²) in [5.41, 5.74) is -0.392. The van der Waals surface area contributed by atoms with Crippen LogP contribution in [-0.4, -0.2) is 24.6 Å². The number of amides is 1. The number of carbonyl (C=O) groups is 1. The van der Waals surface area contributed by atoms with E-state index in [2.05, 4.69) is 26.2 Å². The highest BCUT2D eigenvalue weighted by atomic mass is 79.9. The minimum atomic E-state index is -0.541. The van der Waals surface area contributed by atoms with Crippen molar-refractivity contribution in [2.75, 3.05) is 5.32 Å². The van der Waals surface area contributed by atoms with Gasteiger partial charge in [-0.25, -0.2) is 9.78 Å². The maximum atomic E-state index is 12.4. The molecule has 26 heavy (non-hydrogen) atoms. The monoisotopic (exact) mass is 459 g/mol. The number of halogens is 3. The topological polar surface area (TPSA) is 90.9 Å². The van der Waals surface area contributed by atoms with Crippen LogP contribution in [0.5, 0.6) is 0 Å². The van der Waals surface area contributed by atoms with Crippen molar-refractivity contribution < 1.29 is 4.79 Å². The Morgan fingerprint density at radius 1 is 1.23 bits per heavy atom. The third-order valence-corrected chi connectivity index (χ3v) is 5.24. The van der Waals surface area contributed by atoms with Gasteiger partial charge in [0.1, 0.15) is 6.54 Å². The van der Waals surface area contributed by atoms with E-state index in [9.17, 15) is 14.4 Å². The number of aryl methyl sites for hydroxylation is 1. The lowest BCUT2D eigenvalue weighted by Crippen LogP contribution is -2.37. The number of fused-ring (bicyclic) bond motifs is 1. The van der Waals surface area contributed by atoms with Crippen LogP contribution in [0.3, 0.4) is 0 Å². The van der Waals surface area contributed by atoms with E-state index in [1.54, 1.807) is 18.2 Å². The second-order valence-corrected chi connectivity index (χ2v) is 6.99. The smallest absolute Gasteiger partial charge is 0.323 e. The van der Waals surface area contributed by atoms with Gasteiger partial charge < -0.3 is 5.32 Å². The fourth-order valence-electron chi connectivity index (χ4n) is 2.54. The maximum Gasteiger partial charge on any atom is 0.332 e. The zero-order valence-electron chi connectivity index (χ0n) is 13.6. The van der Waals surface area contributed by atoms with E-state index in [1.165, 1.54) is 23.2 Å². The summed E-state index contributed by atoms with van der Waals surface area (Å²) in [4.78, 5) is 41.0. The van der Waals surface area contributed by atoms with Crippen molar-refractivity contribution >= 4 is 61.9 Å². The molecular weight excluding hydrogens is 449 g/mol. The van der Waals surface area contributed by atoms with Crippen LogP contribution in [0.4, 0.5) is 5.69 Å². The summed E-state index contributed by atoms with van der Waals surface area (Å²) in [5, 5.41) is 3.18. The molecule has 0 aliphatic heterocycles. The summed E-state index contributed by atoms with van der Waals surface area (Å²) in [6.45, 7) is -0.194. The Kier molecular flexibility index (Phi) is 4.96. The van der Waals surface area contributed by atoms with Crippen molar-refractivity contribution in [3.63, 3.8) is 0 Å². The number of hydrogen-bond acceptors (Lipinski definition) is 4. The quantitative estimate of drug-likeness (QED) is 0.606. The first-order chi connectivity index (χ1) is 12.2. The van der Waals surface area contributed by atoms with Gasteiger partial charge in [-0.1, -0.05) is 29.3 Å². The van der Waals surface area contributed by atoms with Crippen LogP contribution in [-0.2, 0) is 25.4 Å². The number of benzene rings is 1. The van der Waals surface area contributed by atoms with Gasteiger partial charge >= 0.3 is 5.69 Å². The van der Waals surface area contributed by atoms with Crippen LogP contribution in [0, 0.1) is 0 Å². The van der Waals surface area contributed by atoms with Gasteiger partial charge in [-0.3, -0.25) is 23.3 Å². The lowest BCUT2D eigenvalue weighted by atomic mass is 10.3. The van der Waals surface area contributed by atoms with Gasteiger partial charge in [-0.15, -0.1) is 0 Å². The Labute approximate surface area is 165 Å². The molecule has 1 aromatic carbocycles. The second kappa shape index (κ2) is 6.90. The maximum absolute atomic E-state index is 12.4. The highest BCUT2D eigenvalue weighted by Gasteiger charge is 2.19. The molecule has 0 unspecified atom stereocenters. The standard InChI is InChI=1S/C15H12BrCl2N5O3/c1-21-12-11(13(25)22(2)15(21)26)20-14(16)23(12)6-9(24)19-8-5-3-4-7(17)10(8)18/h3-5H,6H2,1-2H3,(H,19,24). The van der Waals surface area contributed by atoms with Crippen LogP contribution in [0.25, 0.3) is 11.2 Å². The normalized spacial score (nSPS) is 11.1. The highest BCUT2D eigenvalue weighted by molar-refractivity contribution is 9.10. The first-order valence-corrected chi connectivity index (χ1v) is 8.83. The number of anilines is 1. The zero-order valence-corrected chi connectivity index (χ0v) is 16.7. The van der Waals surface area contributed by atoms with Crippen molar-refractivity contribution in [3.05, 3.63) is 53.8 Å². The van der Waals surface area contributed by atoms with Gasteiger partial charge in [0.25, 0.3) is 5.56 Å². The minimum Gasteiger partial charge on any atom is -0.323 e. The lowest BCUT2D eigenvalue weighted by Gasteiger charge is -2.11. The Balaban J connectivity index is 2.03. The minimum absolute atomic E-state index is 0.0788. The van der Waals surface area contributed by atoms with E-state index in [0.717, 1.165) is 4.57 Å². The largest absolute Gasteiger partial charge is 0.332 e. The first-order valence-electron chi connectivity index (χ1n) is 7.28. The van der Waals surface area contributed by atoms with Gasteiger partial charge in [0, 0.05) is 14.1 Å². The van der Waals surface area contributed by atoms with E-state index in [-0.39, 0.29) is 27.5 Å². The second-order valence-electron chi connectivity index (χ2n) is 5.49. The van der Waals surface area contributed by atoms with Crippen molar-refractivity contribution in [2.24, 2.45) is 14.1 Å². The molecule has 0 atom stereocenters. The van der Waals surface area contributed by atoms with E-state index < -0.39 is 17.2 Å². The molecular formula is C15H12BrCl2N5O3. The van der Waals surface area contributed by atoms with Crippen LogP contribution in [0.15, 0.2) is 32.5 Å². The summed E-state index contributed by atoms with van der Waals surface area (Å²) >= 11 is 15.2. The molecule has 3 rings (SSSR count). The summed E-state index contributed by atoms with van der Waals surface area (Å²) in [5.74, 6) is -0.428. The third kappa shape index (κ3) is 3.06. The number of nitrogens with one attached hydrogen (secondary N) is 1. The van der Waals surface area contributed by atoms with Crippen molar-refractivity contribution in [1.29, 1.82) is 0 Å². The van der Waals surface area contributed by atoms with Crippen LogP contribution >= 0.6 is 39.1 Å². The molecule has 0 radical (unpaired) electrons. The summed E-state index contributed by atoms with van der Waals surface area (Å²) in [7, 11) is 2.87. The average Bonchev–Trinajstić information content (AvgIpc) is 2.92. The Morgan fingerprint density at radius 2 is 1.92 bits per heavy atom. The molecule has 2 aromatic heterocycles. The fraction of sp³-hybridized carbons (Fsp3) is 0.200. The number of rotatable bonds is 3. The number of carbonyl (C=O) groups excluding carboxylic acids is 1. The van der Waals surface area contributed by atoms with E-state index in [0.29, 0.717) is 10.7 Å². The molecule has 0 aliphatic rings. The molecule has 0 saturated heterocycles. The number of nitrogens with zero attached hydrogens (tertiary/aromatic N) is 4. The number of imidazole rings is 1. The summed E-state index contributed by atoms with van der Waals surface area (Å²) in [6, 6.07) is 4.86. The Hall–Kier alpha value is -2.10. The molecule has 0 bridgehead atoms. The predicted octanol–water partition coefficient (Wildman–Crippen LogP) is 2.14. The van der Waals surface area contributed by atoms with Crippen LogP contribution in [0.1, 0.15) is 0 Å². The number of aromatic nitrogens is 4. The lowest BCUT2D eigenvalue weighted by molar-refractivity contribution is -0.116. The van der Waals surface area contributed by atoms with Crippen LogP contribution < -0.4 is 16.6 Å². The summed E-state index contributed by atoms with van der Waals surface area (Å²) < 4.78 is 3.89. The van der Waals surface area contributed by atoms with E-state index in [1.807, 2.05) is 0 Å². The van der Waals surface area contributed by atoms with Gasteiger partial charge in [0.05, 0.1) is 15.7 Å². The summed E-state index contributed by atoms with van der Waals surface area (Å²) in [6.07, 6.45) is 0. The molecule has 1 amide bonds. The highest BCUT2D eigenvalue weighted by Crippen LogP contribution is 2.29.